The minimum Gasteiger partial charge on any atom is -0.332 e. The number of hydrogen-bond donors (Lipinski definition) is 1. The highest BCUT2D eigenvalue weighted by Crippen LogP contribution is 2.24. The Morgan fingerprint density at radius 3 is 2.18 bits per heavy atom. The van der Waals surface area contributed by atoms with E-state index in [-0.39, 0.29) is 18.1 Å². The predicted octanol–water partition coefficient (Wildman–Crippen LogP) is 4.34. The van der Waals surface area contributed by atoms with Crippen molar-refractivity contribution in [2.75, 3.05) is 18.9 Å². The Morgan fingerprint density at radius 2 is 1.50 bits per heavy atom. The van der Waals surface area contributed by atoms with Gasteiger partial charge in [-0.05, 0) is 29.3 Å². The highest BCUT2D eigenvalue weighted by atomic mass is 19.1. The topological polar surface area (TPSA) is 49.4 Å². The largest absolute Gasteiger partial charge is 0.332 e. The molecule has 3 rings (SSSR count). The van der Waals surface area contributed by atoms with E-state index in [0.717, 1.165) is 23.3 Å². The lowest BCUT2D eigenvalue weighted by molar-refractivity contribution is -0.116. The van der Waals surface area contributed by atoms with E-state index in [1.54, 1.807) is 12.1 Å². The second-order valence-electron chi connectivity index (χ2n) is 6.28. The molecule has 142 valence electrons. The van der Waals surface area contributed by atoms with Gasteiger partial charge < -0.3 is 10.2 Å². The number of benzene rings is 3. The standard InChI is InChI=1S/C22H18F2N2O2/c1-26(14-21(27)25-18-12-16(23)11-17(24)13-18)22(28)20-10-6-5-9-19(20)15-7-3-2-4-8-15/h2-13H,14H2,1H3,(H,25,27). The molecule has 2 amide bonds. The lowest BCUT2D eigenvalue weighted by atomic mass is 9.99. The normalized spacial score (nSPS) is 10.4. The van der Waals surface area contributed by atoms with Crippen molar-refractivity contribution in [2.24, 2.45) is 0 Å². The van der Waals surface area contributed by atoms with E-state index in [1.165, 1.54) is 11.9 Å². The van der Waals surface area contributed by atoms with Gasteiger partial charge in [0.1, 0.15) is 11.6 Å². The highest BCUT2D eigenvalue weighted by molar-refractivity contribution is 6.03. The van der Waals surface area contributed by atoms with Gasteiger partial charge in [-0.25, -0.2) is 8.78 Å². The molecule has 0 aliphatic heterocycles. The predicted molar refractivity (Wildman–Crippen MR) is 104 cm³/mol. The van der Waals surface area contributed by atoms with Gasteiger partial charge in [0.05, 0.1) is 6.54 Å². The fraction of sp³-hybridized carbons (Fsp3) is 0.0909. The molecular formula is C22H18F2N2O2. The summed E-state index contributed by atoms with van der Waals surface area (Å²) in [5, 5.41) is 2.39. The molecule has 0 aliphatic rings. The van der Waals surface area contributed by atoms with Crippen molar-refractivity contribution in [1.82, 2.24) is 4.90 Å². The number of carbonyl (C=O) groups excluding carboxylic acids is 2. The molecule has 0 saturated heterocycles. The number of rotatable bonds is 5. The van der Waals surface area contributed by atoms with Crippen molar-refractivity contribution in [3.05, 3.63) is 90.0 Å². The summed E-state index contributed by atoms with van der Waals surface area (Å²) in [6.45, 7) is -0.264. The SMILES string of the molecule is CN(CC(=O)Nc1cc(F)cc(F)c1)C(=O)c1ccccc1-c1ccccc1. The summed E-state index contributed by atoms with van der Waals surface area (Å²) in [5.74, 6) is -2.48. The molecule has 0 unspecified atom stereocenters. The van der Waals surface area contributed by atoms with Gasteiger partial charge in [0.2, 0.25) is 5.91 Å². The van der Waals surface area contributed by atoms with Crippen LogP contribution < -0.4 is 5.32 Å². The van der Waals surface area contributed by atoms with Crippen LogP contribution >= 0.6 is 0 Å². The maximum Gasteiger partial charge on any atom is 0.254 e. The van der Waals surface area contributed by atoms with E-state index in [0.29, 0.717) is 11.6 Å². The Kier molecular flexibility index (Phi) is 5.79. The summed E-state index contributed by atoms with van der Waals surface area (Å²) in [4.78, 5) is 26.3. The molecule has 0 heterocycles. The van der Waals surface area contributed by atoms with Gasteiger partial charge >= 0.3 is 0 Å². The van der Waals surface area contributed by atoms with E-state index in [2.05, 4.69) is 5.32 Å². The molecule has 3 aromatic rings. The van der Waals surface area contributed by atoms with Gasteiger partial charge in [-0.1, -0.05) is 48.5 Å². The van der Waals surface area contributed by atoms with Gasteiger partial charge in [-0.2, -0.15) is 0 Å². The Labute approximate surface area is 161 Å². The molecule has 1 N–H and O–H groups in total. The third kappa shape index (κ3) is 4.59. The molecule has 4 nitrogen and oxygen atoms in total. The zero-order chi connectivity index (χ0) is 20.1. The number of hydrogen-bond acceptors (Lipinski definition) is 2. The summed E-state index contributed by atoms with van der Waals surface area (Å²) in [6.07, 6.45) is 0. The van der Waals surface area contributed by atoms with Crippen LogP contribution in [-0.2, 0) is 4.79 Å². The van der Waals surface area contributed by atoms with Crippen molar-refractivity contribution in [3.8, 4) is 11.1 Å². The quantitative estimate of drug-likeness (QED) is 0.716. The van der Waals surface area contributed by atoms with Gasteiger partial charge in [0.15, 0.2) is 0 Å². The number of carbonyl (C=O) groups is 2. The molecule has 3 aromatic carbocycles. The third-order valence-corrected chi connectivity index (χ3v) is 4.12. The first-order valence-electron chi connectivity index (χ1n) is 8.60. The average molecular weight is 380 g/mol. The van der Waals surface area contributed by atoms with Crippen LogP contribution in [-0.4, -0.2) is 30.3 Å². The van der Waals surface area contributed by atoms with Crippen LogP contribution in [0.4, 0.5) is 14.5 Å². The Morgan fingerprint density at radius 1 is 0.893 bits per heavy atom. The van der Waals surface area contributed by atoms with E-state index < -0.39 is 17.5 Å². The average Bonchev–Trinajstić information content (AvgIpc) is 2.67. The second kappa shape index (κ2) is 8.43. The van der Waals surface area contributed by atoms with Crippen LogP contribution in [0.5, 0.6) is 0 Å². The molecule has 0 atom stereocenters. The van der Waals surface area contributed by atoms with Crippen LogP contribution in [0, 0.1) is 11.6 Å². The molecule has 6 heteroatoms. The van der Waals surface area contributed by atoms with E-state index in [1.807, 2.05) is 42.5 Å². The van der Waals surface area contributed by atoms with Crippen LogP contribution in [0.2, 0.25) is 0 Å². The maximum atomic E-state index is 13.2. The molecule has 0 aliphatic carbocycles. The lowest BCUT2D eigenvalue weighted by Crippen LogP contribution is -2.35. The fourth-order valence-corrected chi connectivity index (χ4v) is 2.86. The number of likely N-dealkylation sites (N-methyl/N-ethyl adjacent to an activating group) is 1. The molecule has 28 heavy (non-hydrogen) atoms. The summed E-state index contributed by atoms with van der Waals surface area (Å²) in [7, 11) is 1.50. The van der Waals surface area contributed by atoms with Gasteiger partial charge in [-0.15, -0.1) is 0 Å². The van der Waals surface area contributed by atoms with Crippen LogP contribution in [0.15, 0.2) is 72.8 Å². The fourth-order valence-electron chi connectivity index (χ4n) is 2.86. The van der Waals surface area contributed by atoms with E-state index in [9.17, 15) is 18.4 Å². The minimum absolute atomic E-state index is 0.00645. The first-order chi connectivity index (χ1) is 13.4. The summed E-state index contributed by atoms with van der Waals surface area (Å²) in [5.41, 5.74) is 2.10. The van der Waals surface area contributed by atoms with Crippen LogP contribution in [0.3, 0.4) is 0 Å². The maximum absolute atomic E-state index is 13.2. The van der Waals surface area contributed by atoms with Gasteiger partial charge in [-0.3, -0.25) is 9.59 Å². The van der Waals surface area contributed by atoms with Crippen LogP contribution in [0.25, 0.3) is 11.1 Å². The Hall–Kier alpha value is -3.54. The van der Waals surface area contributed by atoms with Crippen molar-refractivity contribution >= 4 is 17.5 Å². The zero-order valence-corrected chi connectivity index (χ0v) is 15.2. The van der Waals surface area contributed by atoms with Crippen LogP contribution in [0.1, 0.15) is 10.4 Å². The lowest BCUT2D eigenvalue weighted by Gasteiger charge is -2.19. The number of nitrogens with one attached hydrogen (secondary N) is 1. The third-order valence-electron chi connectivity index (χ3n) is 4.12. The minimum atomic E-state index is -0.795. The number of anilines is 1. The first-order valence-corrected chi connectivity index (χ1v) is 8.60. The van der Waals surface area contributed by atoms with Crippen molar-refractivity contribution in [3.63, 3.8) is 0 Å². The number of halogens is 2. The number of amides is 2. The second-order valence-corrected chi connectivity index (χ2v) is 6.28. The molecule has 0 fully saturated rings. The molecule has 0 spiro atoms. The Bertz CT molecular complexity index is 986. The molecule has 0 aromatic heterocycles. The monoisotopic (exact) mass is 380 g/mol. The Balaban J connectivity index is 1.74. The molecule has 0 saturated carbocycles. The molecule has 0 radical (unpaired) electrons. The van der Waals surface area contributed by atoms with Crippen molar-refractivity contribution < 1.29 is 18.4 Å². The highest BCUT2D eigenvalue weighted by Gasteiger charge is 2.18. The number of nitrogens with zero attached hydrogens (tertiary/aromatic N) is 1. The molecular weight excluding hydrogens is 362 g/mol. The zero-order valence-electron chi connectivity index (χ0n) is 15.2. The molecule has 0 bridgehead atoms. The van der Waals surface area contributed by atoms with Gasteiger partial charge in [0.25, 0.3) is 5.91 Å². The summed E-state index contributed by atoms with van der Waals surface area (Å²) in [6, 6.07) is 19.3. The van der Waals surface area contributed by atoms with E-state index >= 15 is 0 Å². The summed E-state index contributed by atoms with van der Waals surface area (Å²) < 4.78 is 26.5. The van der Waals surface area contributed by atoms with Crippen molar-refractivity contribution in [1.29, 1.82) is 0 Å². The summed E-state index contributed by atoms with van der Waals surface area (Å²) >= 11 is 0. The van der Waals surface area contributed by atoms with E-state index in [4.69, 9.17) is 0 Å². The first kappa shape index (κ1) is 19.2. The van der Waals surface area contributed by atoms with Gasteiger partial charge in [0, 0.05) is 24.4 Å². The van der Waals surface area contributed by atoms with Crippen molar-refractivity contribution in [2.45, 2.75) is 0 Å². The smallest absolute Gasteiger partial charge is 0.254 e.